The molecule has 4 nitrogen and oxygen atoms in total. The minimum Gasteiger partial charge on any atom is -0.299 e. The number of carbonyl (C=O) groups excluding carboxylic acids is 1. The molecule has 5 rings (SSSR count). The largest absolute Gasteiger partial charge is 0.299 e. The minimum absolute atomic E-state index is 0.0724. The van der Waals surface area contributed by atoms with Gasteiger partial charge in [0, 0.05) is 21.1 Å². The number of benzene rings is 3. The van der Waals surface area contributed by atoms with Gasteiger partial charge in [0.25, 0.3) is 10.1 Å². The second kappa shape index (κ2) is 9.16. The SMILES string of the molecule is CCc1ccc(S(OS(=O)(=O)CC23CCC(CC2=O)C3(C)C)(c2ccccc2)c2ccccc2)cc1. The highest BCUT2D eigenvalue weighted by atomic mass is 32.3. The zero-order valence-corrected chi connectivity index (χ0v) is 22.8. The van der Waals surface area contributed by atoms with Crippen molar-refractivity contribution >= 4 is 26.2 Å². The van der Waals surface area contributed by atoms with E-state index in [4.69, 9.17) is 3.63 Å². The van der Waals surface area contributed by atoms with Crippen molar-refractivity contribution < 1.29 is 16.8 Å². The molecule has 3 aromatic rings. The monoisotopic (exact) mass is 522 g/mol. The highest BCUT2D eigenvalue weighted by Crippen LogP contribution is 2.71. The van der Waals surface area contributed by atoms with Crippen molar-refractivity contribution in [2.45, 2.75) is 61.1 Å². The Morgan fingerprint density at radius 2 is 1.36 bits per heavy atom. The summed E-state index contributed by atoms with van der Waals surface area (Å²) in [5.74, 6) is 0.0365. The quantitative estimate of drug-likeness (QED) is 0.314. The minimum atomic E-state index is -4.11. The molecule has 2 aliphatic carbocycles. The molecule has 0 N–H and O–H groups in total. The average Bonchev–Trinajstić information content (AvgIpc) is 3.22. The van der Waals surface area contributed by atoms with E-state index in [0.717, 1.165) is 27.5 Å². The lowest BCUT2D eigenvalue weighted by molar-refractivity contribution is -0.128. The molecule has 2 atom stereocenters. The van der Waals surface area contributed by atoms with Crippen molar-refractivity contribution in [3.8, 4) is 0 Å². The van der Waals surface area contributed by atoms with E-state index in [2.05, 4.69) is 20.8 Å². The fraction of sp³-hybridized carbons (Fsp3) is 0.367. The summed E-state index contributed by atoms with van der Waals surface area (Å²) in [5.41, 5.74) is -0.0766. The predicted octanol–water partition coefficient (Wildman–Crippen LogP) is 7.19. The van der Waals surface area contributed by atoms with Gasteiger partial charge in [0.2, 0.25) is 0 Å². The molecular weight excluding hydrogens is 488 g/mol. The van der Waals surface area contributed by atoms with E-state index < -0.39 is 25.8 Å². The number of hydrogen-bond donors (Lipinski definition) is 0. The number of ketones is 1. The summed E-state index contributed by atoms with van der Waals surface area (Å²) >= 11 is 0. The molecule has 0 heterocycles. The van der Waals surface area contributed by atoms with Crippen molar-refractivity contribution in [3.63, 3.8) is 0 Å². The molecule has 6 heteroatoms. The van der Waals surface area contributed by atoms with Crippen molar-refractivity contribution in [2.24, 2.45) is 16.7 Å². The van der Waals surface area contributed by atoms with E-state index in [9.17, 15) is 13.2 Å². The highest BCUT2D eigenvalue weighted by molar-refractivity contribution is 8.33. The summed E-state index contributed by atoms with van der Waals surface area (Å²) in [5, 5.41) is 0. The summed E-state index contributed by atoms with van der Waals surface area (Å²) < 4.78 is 34.7. The second-order valence-corrected chi connectivity index (χ2v) is 15.1. The van der Waals surface area contributed by atoms with Crippen LogP contribution in [0.25, 0.3) is 0 Å². The van der Waals surface area contributed by atoms with Crippen molar-refractivity contribution in [1.29, 1.82) is 0 Å². The Kier molecular flexibility index (Phi) is 6.42. The maximum Gasteiger partial charge on any atom is 0.278 e. The van der Waals surface area contributed by atoms with Gasteiger partial charge in [-0.25, -0.2) is 3.63 Å². The van der Waals surface area contributed by atoms with Crippen LogP contribution in [0.15, 0.2) is 99.6 Å². The van der Waals surface area contributed by atoms with Crippen LogP contribution in [-0.4, -0.2) is 20.0 Å². The molecule has 2 unspecified atom stereocenters. The van der Waals surface area contributed by atoms with Crippen LogP contribution in [0, 0.1) is 16.7 Å². The number of aryl methyl sites for hydroxylation is 1. The summed E-state index contributed by atoms with van der Waals surface area (Å²) in [6, 6.07) is 27.4. The molecule has 0 aromatic heterocycles. The van der Waals surface area contributed by atoms with Gasteiger partial charge in [-0.15, -0.1) is 0 Å². The lowest BCUT2D eigenvalue weighted by Crippen LogP contribution is -2.42. The van der Waals surface area contributed by atoms with Crippen molar-refractivity contribution in [2.75, 3.05) is 5.75 Å². The summed E-state index contributed by atoms with van der Waals surface area (Å²) in [7, 11) is -6.75. The van der Waals surface area contributed by atoms with Gasteiger partial charge in [-0.2, -0.15) is 8.42 Å². The Morgan fingerprint density at radius 1 is 0.833 bits per heavy atom. The zero-order valence-electron chi connectivity index (χ0n) is 21.1. The first-order chi connectivity index (χ1) is 17.1. The third kappa shape index (κ3) is 3.94. The molecule has 190 valence electrons. The molecule has 36 heavy (non-hydrogen) atoms. The fourth-order valence-corrected chi connectivity index (χ4v) is 12.3. The molecule has 2 bridgehead atoms. The Hall–Kier alpha value is -2.41. The first-order valence-electron chi connectivity index (χ1n) is 12.6. The number of carbonyl (C=O) groups is 1. The van der Waals surface area contributed by atoms with E-state index in [-0.39, 0.29) is 22.9 Å². The predicted molar refractivity (Wildman–Crippen MR) is 145 cm³/mol. The molecule has 0 radical (unpaired) electrons. The van der Waals surface area contributed by atoms with Crippen LogP contribution < -0.4 is 0 Å². The van der Waals surface area contributed by atoms with Crippen LogP contribution in [0.4, 0.5) is 0 Å². The van der Waals surface area contributed by atoms with E-state index in [1.165, 1.54) is 5.56 Å². The lowest BCUT2D eigenvalue weighted by Gasteiger charge is -2.41. The van der Waals surface area contributed by atoms with Gasteiger partial charge in [0.15, 0.2) is 0 Å². The Labute approximate surface area is 216 Å². The van der Waals surface area contributed by atoms with Gasteiger partial charge in [-0.05, 0) is 82.9 Å². The maximum atomic E-state index is 14.1. The maximum absolute atomic E-state index is 14.1. The fourth-order valence-electron chi connectivity index (χ4n) is 6.26. The molecule has 0 saturated heterocycles. The van der Waals surface area contributed by atoms with Crippen LogP contribution in [-0.2, 0) is 25.0 Å². The van der Waals surface area contributed by atoms with Gasteiger partial charge in [0.1, 0.15) is 5.78 Å². The summed E-state index contributed by atoms with van der Waals surface area (Å²) in [4.78, 5) is 15.6. The Balaban J connectivity index is 1.68. The summed E-state index contributed by atoms with van der Waals surface area (Å²) in [6.07, 6.45) is 2.86. The van der Waals surface area contributed by atoms with Gasteiger partial charge >= 0.3 is 0 Å². The summed E-state index contributed by atoms with van der Waals surface area (Å²) in [6.45, 7) is 6.21. The number of fused-ring (bicyclic) bond motifs is 2. The van der Waals surface area contributed by atoms with Crippen LogP contribution in [0.1, 0.15) is 45.6 Å². The molecule has 2 saturated carbocycles. The molecule has 0 aliphatic heterocycles. The average molecular weight is 523 g/mol. The van der Waals surface area contributed by atoms with Gasteiger partial charge < -0.3 is 0 Å². The molecule has 2 aliphatic rings. The normalized spacial score (nSPS) is 23.6. The zero-order chi connectivity index (χ0) is 25.6. The molecule has 2 fully saturated rings. The van der Waals surface area contributed by atoms with E-state index in [1.807, 2.05) is 84.9 Å². The Morgan fingerprint density at radius 3 is 1.81 bits per heavy atom. The highest BCUT2D eigenvalue weighted by Gasteiger charge is 2.65. The van der Waals surface area contributed by atoms with E-state index in [1.54, 1.807) is 0 Å². The number of hydrogen-bond acceptors (Lipinski definition) is 4. The van der Waals surface area contributed by atoms with Crippen LogP contribution >= 0.6 is 10.3 Å². The van der Waals surface area contributed by atoms with E-state index >= 15 is 0 Å². The Bertz CT molecular complexity index is 1310. The smallest absolute Gasteiger partial charge is 0.278 e. The van der Waals surface area contributed by atoms with Crippen molar-refractivity contribution in [1.82, 2.24) is 0 Å². The topological polar surface area (TPSA) is 60.4 Å². The number of rotatable bonds is 8. The third-order valence-corrected chi connectivity index (χ3v) is 13.9. The first-order valence-corrected chi connectivity index (χ1v) is 15.8. The molecule has 3 aromatic carbocycles. The van der Waals surface area contributed by atoms with Gasteiger partial charge in [0.05, 0.1) is 11.2 Å². The van der Waals surface area contributed by atoms with Crippen molar-refractivity contribution in [3.05, 3.63) is 90.5 Å². The van der Waals surface area contributed by atoms with Crippen LogP contribution in [0.2, 0.25) is 0 Å². The standard InChI is InChI=1S/C30H34O4S2/c1-4-23-15-17-27(18-16-23)36(25-11-7-5-8-12-25,26-13-9-6-10-14-26)34-35(32,33)22-30-20-19-24(21-28(30)31)29(30,2)3/h5-18,24H,4,19-22H2,1-3H3. The molecule has 0 spiro atoms. The van der Waals surface area contributed by atoms with Crippen LogP contribution in [0.5, 0.6) is 0 Å². The van der Waals surface area contributed by atoms with Gasteiger partial charge in [-0.3, -0.25) is 4.79 Å². The van der Waals surface area contributed by atoms with Gasteiger partial charge in [-0.1, -0.05) is 69.3 Å². The molecular formula is C30H34O4S2. The second-order valence-electron chi connectivity index (χ2n) is 10.6. The third-order valence-electron chi connectivity index (χ3n) is 8.58. The number of Topliss-reactive ketones (excluding diaryl/α,β-unsaturated/α-hetero) is 1. The molecule has 0 amide bonds. The van der Waals surface area contributed by atoms with Crippen LogP contribution in [0.3, 0.4) is 0 Å². The van der Waals surface area contributed by atoms with E-state index in [0.29, 0.717) is 12.8 Å². The lowest BCUT2D eigenvalue weighted by atomic mass is 9.70. The first kappa shape index (κ1) is 25.2.